The van der Waals surface area contributed by atoms with Crippen LogP contribution in [-0.4, -0.2) is 9.55 Å². The Labute approximate surface area is 80.1 Å². The molecule has 3 aliphatic rings. The molecule has 2 nitrogen and oxygen atoms in total. The van der Waals surface area contributed by atoms with Crippen molar-refractivity contribution in [1.82, 2.24) is 9.55 Å². The summed E-state index contributed by atoms with van der Waals surface area (Å²) in [6, 6.07) is 0. The third-order valence-electron chi connectivity index (χ3n) is 3.37. The van der Waals surface area contributed by atoms with Gasteiger partial charge >= 0.3 is 0 Å². The Balaban J connectivity index is 1.93. The molecule has 12 heavy (non-hydrogen) atoms. The van der Waals surface area contributed by atoms with Gasteiger partial charge in [0.15, 0.2) is 0 Å². The van der Waals surface area contributed by atoms with E-state index in [1.807, 2.05) is 6.33 Å². The molecule has 3 saturated carbocycles. The maximum absolute atomic E-state index is 4.19. The van der Waals surface area contributed by atoms with Crippen molar-refractivity contribution in [3.63, 3.8) is 0 Å². The molecule has 3 aliphatic carbocycles. The maximum atomic E-state index is 4.19. The molecular weight excluding hydrogens is 216 g/mol. The molecule has 3 heteroatoms. The van der Waals surface area contributed by atoms with Crippen molar-refractivity contribution in [3.05, 3.63) is 17.1 Å². The van der Waals surface area contributed by atoms with Crippen molar-refractivity contribution in [3.8, 4) is 0 Å². The van der Waals surface area contributed by atoms with Gasteiger partial charge in [0.1, 0.15) is 4.60 Å². The molecule has 3 fully saturated rings. The van der Waals surface area contributed by atoms with Crippen LogP contribution in [-0.2, 0) is 5.54 Å². The molecule has 0 unspecified atom stereocenters. The van der Waals surface area contributed by atoms with E-state index in [4.69, 9.17) is 0 Å². The smallest absolute Gasteiger partial charge is 0.124 e. The third-order valence-corrected chi connectivity index (χ3v) is 3.78. The lowest BCUT2D eigenvalue weighted by molar-refractivity contribution is -0.173. The van der Waals surface area contributed by atoms with Gasteiger partial charge in [-0.3, -0.25) is 0 Å². The molecule has 1 heterocycles. The van der Waals surface area contributed by atoms with Gasteiger partial charge < -0.3 is 4.57 Å². The van der Waals surface area contributed by atoms with Crippen LogP contribution in [0.1, 0.15) is 26.2 Å². The second-order valence-corrected chi connectivity index (χ2v) is 5.48. The van der Waals surface area contributed by atoms with E-state index in [1.165, 1.54) is 19.3 Å². The molecule has 0 radical (unpaired) electrons. The Bertz CT molecular complexity index is 322. The number of hydrogen-bond donors (Lipinski definition) is 0. The summed E-state index contributed by atoms with van der Waals surface area (Å²) in [7, 11) is 0. The fraction of sp³-hybridized carbons (Fsp3) is 0.667. The first kappa shape index (κ1) is 7.13. The highest BCUT2D eigenvalue weighted by Gasteiger charge is 2.65. The molecule has 0 aromatic carbocycles. The minimum atomic E-state index is 0.466. The number of hydrogen-bond acceptors (Lipinski definition) is 1. The van der Waals surface area contributed by atoms with E-state index in [9.17, 15) is 0 Å². The topological polar surface area (TPSA) is 17.8 Å². The molecule has 0 spiro atoms. The van der Waals surface area contributed by atoms with Gasteiger partial charge in [0.25, 0.3) is 0 Å². The Morgan fingerprint density at radius 2 is 2.17 bits per heavy atom. The normalized spacial score (nSPS) is 43.5. The highest BCUT2D eigenvalue weighted by atomic mass is 79.9. The monoisotopic (exact) mass is 226 g/mol. The lowest BCUT2D eigenvalue weighted by Crippen LogP contribution is -2.65. The maximum Gasteiger partial charge on any atom is 0.124 e. The number of nitrogens with zero attached hydrogens (tertiary/aromatic N) is 2. The molecule has 0 atom stereocenters. The van der Waals surface area contributed by atoms with Crippen LogP contribution in [0.2, 0.25) is 0 Å². The van der Waals surface area contributed by atoms with Gasteiger partial charge in [-0.25, -0.2) is 4.98 Å². The first-order valence-corrected chi connectivity index (χ1v) is 5.11. The van der Waals surface area contributed by atoms with Gasteiger partial charge in [0.2, 0.25) is 0 Å². The molecular formula is C9H11BrN2. The zero-order chi connectivity index (χ0) is 8.40. The number of halogens is 1. The van der Waals surface area contributed by atoms with Crippen LogP contribution >= 0.6 is 15.9 Å². The van der Waals surface area contributed by atoms with E-state index >= 15 is 0 Å². The third kappa shape index (κ3) is 0.685. The average Bonchev–Trinajstić information content (AvgIpc) is 2.26. The Morgan fingerprint density at radius 3 is 2.58 bits per heavy atom. The second kappa shape index (κ2) is 1.79. The van der Waals surface area contributed by atoms with Gasteiger partial charge in [-0.1, -0.05) is 6.92 Å². The van der Waals surface area contributed by atoms with Gasteiger partial charge in [0, 0.05) is 11.7 Å². The van der Waals surface area contributed by atoms with E-state index in [0.29, 0.717) is 11.0 Å². The van der Waals surface area contributed by atoms with Crippen molar-refractivity contribution < 1.29 is 0 Å². The van der Waals surface area contributed by atoms with Crippen LogP contribution in [0.25, 0.3) is 0 Å². The highest BCUT2D eigenvalue weighted by Crippen LogP contribution is 2.71. The summed E-state index contributed by atoms with van der Waals surface area (Å²) < 4.78 is 3.24. The fourth-order valence-electron chi connectivity index (χ4n) is 3.06. The summed E-state index contributed by atoms with van der Waals surface area (Å²) in [5.74, 6) is 0. The summed E-state index contributed by atoms with van der Waals surface area (Å²) in [6.07, 6.45) is 8.09. The quantitative estimate of drug-likeness (QED) is 0.720. The highest BCUT2D eigenvalue weighted by molar-refractivity contribution is 9.10. The first-order chi connectivity index (χ1) is 5.62. The minimum absolute atomic E-state index is 0.466. The van der Waals surface area contributed by atoms with Crippen LogP contribution in [0, 0.1) is 5.41 Å². The van der Waals surface area contributed by atoms with Crippen molar-refractivity contribution in [1.29, 1.82) is 0 Å². The summed E-state index contributed by atoms with van der Waals surface area (Å²) in [4.78, 5) is 4.19. The van der Waals surface area contributed by atoms with Gasteiger partial charge in [-0.15, -0.1) is 0 Å². The Hall–Kier alpha value is -0.310. The van der Waals surface area contributed by atoms with E-state index < -0.39 is 0 Å². The number of aromatic nitrogens is 2. The summed E-state index contributed by atoms with van der Waals surface area (Å²) in [5, 5.41) is 0. The summed E-state index contributed by atoms with van der Waals surface area (Å²) in [6.45, 7) is 2.38. The SMILES string of the molecule is CC12CC(n3cnc(Br)c3)(C1)C2. The fourth-order valence-corrected chi connectivity index (χ4v) is 3.37. The summed E-state index contributed by atoms with van der Waals surface area (Å²) in [5.41, 5.74) is 1.14. The Kier molecular flexibility index (Phi) is 1.06. The predicted octanol–water partition coefficient (Wildman–Crippen LogP) is 2.54. The van der Waals surface area contributed by atoms with E-state index in [-0.39, 0.29) is 0 Å². The van der Waals surface area contributed by atoms with Crippen LogP contribution in [0.5, 0.6) is 0 Å². The van der Waals surface area contributed by atoms with Crippen LogP contribution < -0.4 is 0 Å². The zero-order valence-electron chi connectivity index (χ0n) is 7.05. The van der Waals surface area contributed by atoms with Gasteiger partial charge in [0.05, 0.1) is 6.33 Å². The van der Waals surface area contributed by atoms with Crippen molar-refractivity contribution >= 4 is 15.9 Å². The number of rotatable bonds is 1. The predicted molar refractivity (Wildman–Crippen MR) is 49.9 cm³/mol. The molecule has 0 N–H and O–H groups in total. The van der Waals surface area contributed by atoms with Crippen molar-refractivity contribution in [2.24, 2.45) is 5.41 Å². The lowest BCUT2D eigenvalue weighted by atomic mass is 9.40. The molecule has 4 rings (SSSR count). The number of imidazole rings is 1. The molecule has 0 saturated heterocycles. The molecule has 0 amide bonds. The van der Waals surface area contributed by atoms with Gasteiger partial charge in [-0.05, 0) is 40.6 Å². The van der Waals surface area contributed by atoms with E-state index in [2.05, 4.69) is 38.6 Å². The molecule has 0 aliphatic heterocycles. The molecule has 64 valence electrons. The van der Waals surface area contributed by atoms with E-state index in [0.717, 1.165) is 4.60 Å². The van der Waals surface area contributed by atoms with Crippen molar-refractivity contribution in [2.75, 3.05) is 0 Å². The van der Waals surface area contributed by atoms with Gasteiger partial charge in [-0.2, -0.15) is 0 Å². The average molecular weight is 227 g/mol. The van der Waals surface area contributed by atoms with Crippen LogP contribution in [0.3, 0.4) is 0 Å². The molecule has 1 aromatic rings. The second-order valence-electron chi connectivity index (χ2n) is 4.67. The lowest BCUT2D eigenvalue weighted by Gasteiger charge is -2.69. The largest absolute Gasteiger partial charge is 0.330 e. The molecule has 1 aromatic heterocycles. The van der Waals surface area contributed by atoms with Crippen LogP contribution in [0.4, 0.5) is 0 Å². The first-order valence-electron chi connectivity index (χ1n) is 4.32. The Morgan fingerprint density at radius 1 is 1.50 bits per heavy atom. The zero-order valence-corrected chi connectivity index (χ0v) is 8.63. The summed E-state index contributed by atoms with van der Waals surface area (Å²) >= 11 is 3.38. The van der Waals surface area contributed by atoms with Crippen molar-refractivity contribution in [2.45, 2.75) is 31.7 Å². The van der Waals surface area contributed by atoms with E-state index in [1.54, 1.807) is 0 Å². The standard InChI is InChI=1S/C9H11BrN2/c1-8-3-9(4-8,5-8)12-2-7(10)11-6-12/h2,6H,3-5H2,1H3. The molecule has 2 bridgehead atoms. The van der Waals surface area contributed by atoms with Crippen LogP contribution in [0.15, 0.2) is 17.1 Å². The minimum Gasteiger partial charge on any atom is -0.330 e.